The molecule has 2 heteroatoms. The Balaban J connectivity index is 2.75. The van der Waals surface area contributed by atoms with Crippen molar-refractivity contribution in [1.29, 1.82) is 0 Å². The Kier molecular flexibility index (Phi) is 3.38. The summed E-state index contributed by atoms with van der Waals surface area (Å²) in [6, 6.07) is 10.5. The van der Waals surface area contributed by atoms with Crippen molar-refractivity contribution in [2.24, 2.45) is 0 Å². The summed E-state index contributed by atoms with van der Waals surface area (Å²) in [6.45, 7) is 2.18. The van der Waals surface area contributed by atoms with Gasteiger partial charge in [-0.25, -0.2) is 0 Å². The second-order valence-corrected chi connectivity index (χ2v) is 12.1. The van der Waals surface area contributed by atoms with Gasteiger partial charge in [0.05, 0.1) is 0 Å². The standard InChI is InChI=1S/C6H5.C2H5.ClH.Zn/c1-2-4-6-5-3-1;1-2;;/h1-5H;1H2,2H3;1H;/q;;;+1/p-1. The molecule has 0 fully saturated rings. The van der Waals surface area contributed by atoms with Crippen molar-refractivity contribution in [3.8, 4) is 0 Å². The molecule has 10 heavy (non-hydrogen) atoms. The molecule has 0 amide bonds. The first-order chi connectivity index (χ1) is 4.84. The molecule has 0 aliphatic carbocycles. The molecular formula is C8H10ClZn. The number of hydrogen-bond donors (Lipinski definition) is 0. The fourth-order valence-corrected chi connectivity index (χ4v) is 4.80. The zero-order valence-electron chi connectivity index (χ0n) is 6.18. The zero-order chi connectivity index (χ0) is 7.40. The van der Waals surface area contributed by atoms with Crippen molar-refractivity contribution >= 4 is 13.8 Å². The van der Waals surface area contributed by atoms with Crippen LogP contribution < -0.4 is 4.16 Å². The van der Waals surface area contributed by atoms with Gasteiger partial charge >= 0.3 is 71.1 Å². The van der Waals surface area contributed by atoms with Crippen molar-refractivity contribution in [2.75, 3.05) is 0 Å². The summed E-state index contributed by atoms with van der Waals surface area (Å²) in [6.07, 6.45) is 0. The molecule has 0 aliphatic rings. The third-order valence-electron chi connectivity index (χ3n) is 1.72. The van der Waals surface area contributed by atoms with Crippen LogP contribution in [0.3, 0.4) is 0 Å². The van der Waals surface area contributed by atoms with E-state index < -0.39 is 15.0 Å². The van der Waals surface area contributed by atoms with Gasteiger partial charge in [0, 0.05) is 0 Å². The predicted molar refractivity (Wildman–Crippen MR) is 42.4 cm³/mol. The molecule has 1 aromatic rings. The van der Waals surface area contributed by atoms with Crippen molar-refractivity contribution in [1.82, 2.24) is 0 Å². The Bertz CT molecular complexity index is 186. The first kappa shape index (κ1) is 8.23. The monoisotopic (exact) mass is 205 g/mol. The molecule has 0 radical (unpaired) electrons. The third-order valence-corrected chi connectivity index (χ3v) is 9.98. The molecule has 51 valence electrons. The first-order valence-corrected chi connectivity index (χ1v) is 11.2. The van der Waals surface area contributed by atoms with E-state index in [2.05, 4.69) is 31.2 Å². The molecule has 0 aromatic heterocycles. The molecule has 0 aliphatic heterocycles. The zero-order valence-corrected chi connectivity index (χ0v) is 9.90. The predicted octanol–water partition coefficient (Wildman–Crippen LogP) is 2.52. The summed E-state index contributed by atoms with van der Waals surface area (Å²) in [5.41, 5.74) is 0. The van der Waals surface area contributed by atoms with E-state index in [0.717, 1.165) is 0 Å². The van der Waals surface area contributed by atoms with Gasteiger partial charge in [-0.1, -0.05) is 0 Å². The van der Waals surface area contributed by atoms with Crippen molar-refractivity contribution < 1.29 is 15.0 Å². The Labute approximate surface area is 71.2 Å². The Morgan fingerprint density at radius 3 is 2.40 bits per heavy atom. The van der Waals surface area contributed by atoms with Gasteiger partial charge in [-0.3, -0.25) is 0 Å². The van der Waals surface area contributed by atoms with Gasteiger partial charge in [0.1, 0.15) is 0 Å². The van der Waals surface area contributed by atoms with Crippen LogP contribution in [0.15, 0.2) is 30.3 Å². The molecule has 0 bridgehead atoms. The van der Waals surface area contributed by atoms with E-state index >= 15 is 0 Å². The van der Waals surface area contributed by atoms with Gasteiger partial charge in [0.2, 0.25) is 0 Å². The fraction of sp³-hybridized carbons (Fsp3) is 0.250. The summed E-state index contributed by atoms with van der Waals surface area (Å²) < 4.78 is 1.42. The van der Waals surface area contributed by atoms with E-state index in [1.165, 1.54) is 9.17 Å². The van der Waals surface area contributed by atoms with Crippen LogP contribution in [0.5, 0.6) is 0 Å². The molecule has 0 spiro atoms. The van der Waals surface area contributed by atoms with Crippen molar-refractivity contribution in [3.63, 3.8) is 0 Å². The van der Waals surface area contributed by atoms with Gasteiger partial charge in [-0.05, 0) is 0 Å². The SMILES string of the molecule is C[CH2][Zn]([Cl])[c]1ccccc1. The van der Waals surface area contributed by atoms with E-state index in [9.17, 15) is 0 Å². The van der Waals surface area contributed by atoms with Crippen LogP contribution in [-0.4, -0.2) is 0 Å². The molecule has 0 nitrogen and oxygen atoms in total. The molecule has 0 unspecified atom stereocenters. The van der Waals surface area contributed by atoms with E-state index in [1.54, 1.807) is 0 Å². The normalized spacial score (nSPS) is 9.40. The van der Waals surface area contributed by atoms with Gasteiger partial charge in [-0.2, -0.15) is 0 Å². The maximum absolute atomic E-state index is 6.20. The van der Waals surface area contributed by atoms with Gasteiger partial charge in [0.25, 0.3) is 0 Å². The molecule has 0 saturated heterocycles. The van der Waals surface area contributed by atoms with Crippen LogP contribution in [0.25, 0.3) is 0 Å². The van der Waals surface area contributed by atoms with Crippen LogP contribution in [0.2, 0.25) is 5.02 Å². The van der Waals surface area contributed by atoms with Crippen LogP contribution in [0.1, 0.15) is 6.92 Å². The Hall–Kier alpha value is 0.133. The average Bonchev–Trinajstić information content (AvgIpc) is 2.05. The summed E-state index contributed by atoms with van der Waals surface area (Å²) in [4.78, 5) is 0. The molecule has 0 atom stereocenters. The molecule has 0 heterocycles. The Morgan fingerprint density at radius 2 is 1.90 bits per heavy atom. The molecular weight excluding hydrogens is 197 g/mol. The number of hydrogen-bond acceptors (Lipinski definition) is 0. The maximum atomic E-state index is 6.20. The van der Waals surface area contributed by atoms with Gasteiger partial charge in [-0.15, -0.1) is 0 Å². The summed E-state index contributed by atoms with van der Waals surface area (Å²) in [5, 5.41) is 1.20. The van der Waals surface area contributed by atoms with E-state index in [4.69, 9.17) is 9.69 Å². The molecule has 0 saturated carbocycles. The topological polar surface area (TPSA) is 0 Å². The van der Waals surface area contributed by atoms with Crippen LogP contribution >= 0.6 is 9.69 Å². The Morgan fingerprint density at radius 1 is 1.30 bits per heavy atom. The molecule has 1 aromatic carbocycles. The van der Waals surface area contributed by atoms with E-state index in [-0.39, 0.29) is 0 Å². The van der Waals surface area contributed by atoms with Gasteiger partial charge in [0.15, 0.2) is 0 Å². The average molecular weight is 207 g/mol. The number of benzene rings is 1. The minimum absolute atomic E-state index is 1.20. The number of halogens is 1. The summed E-state index contributed by atoms with van der Waals surface area (Å²) >= 11 is -1.69. The first-order valence-electron chi connectivity index (χ1n) is 3.74. The second-order valence-electron chi connectivity index (χ2n) is 2.56. The fourth-order valence-electron chi connectivity index (χ4n) is 1.02. The number of rotatable bonds is 2. The van der Waals surface area contributed by atoms with Gasteiger partial charge < -0.3 is 0 Å². The second kappa shape index (κ2) is 4.10. The third kappa shape index (κ3) is 2.07. The van der Waals surface area contributed by atoms with Crippen LogP contribution in [-0.2, 0) is 15.0 Å². The quantitative estimate of drug-likeness (QED) is 0.653. The van der Waals surface area contributed by atoms with E-state index in [0.29, 0.717) is 0 Å². The molecule has 0 N–H and O–H groups in total. The van der Waals surface area contributed by atoms with E-state index in [1.807, 2.05) is 6.07 Å². The summed E-state index contributed by atoms with van der Waals surface area (Å²) in [5.74, 6) is 0. The van der Waals surface area contributed by atoms with Crippen LogP contribution in [0, 0.1) is 0 Å². The van der Waals surface area contributed by atoms with Crippen molar-refractivity contribution in [2.45, 2.75) is 11.9 Å². The molecule has 1 rings (SSSR count). The summed E-state index contributed by atoms with van der Waals surface area (Å²) in [7, 11) is 6.20. The minimum atomic E-state index is -1.69. The van der Waals surface area contributed by atoms with Crippen LogP contribution in [0.4, 0.5) is 0 Å². The van der Waals surface area contributed by atoms with Crippen molar-refractivity contribution in [3.05, 3.63) is 30.3 Å².